The van der Waals surface area contributed by atoms with Gasteiger partial charge in [-0.2, -0.15) is 0 Å². The Morgan fingerprint density at radius 3 is 0.888 bits per heavy atom. The highest BCUT2D eigenvalue weighted by molar-refractivity contribution is 7.00. The minimum atomic E-state index is -0.259. The molecule has 3 heterocycles. The Kier molecular flexibility index (Phi) is 15.9. The highest BCUT2D eigenvalue weighted by Crippen LogP contribution is 2.51. The second-order valence-electron chi connectivity index (χ2n) is 33.9. The predicted molar refractivity (Wildman–Crippen MR) is 459 cm³/mol. The molecular weight excluding hydrogens is 1290 g/mol. The monoisotopic (exact) mass is 1380 g/mol. The molecular formula is C102H87BN4. The third-order valence-corrected chi connectivity index (χ3v) is 22.5. The number of nitrogens with zero attached hydrogens (tertiary/aromatic N) is 4. The molecule has 2 aliphatic heterocycles. The number of fused-ring (bicyclic) bond motifs is 10. The summed E-state index contributed by atoms with van der Waals surface area (Å²) < 4.78 is 0. The molecule has 0 atom stereocenters. The average molecular weight is 1380 g/mol. The second-order valence-corrected chi connectivity index (χ2v) is 33.9. The molecule has 5 heteroatoms. The lowest BCUT2D eigenvalue weighted by atomic mass is 9.33. The van der Waals surface area contributed by atoms with Crippen LogP contribution in [0.25, 0.3) is 122 Å². The Balaban J connectivity index is 1.03. The fraction of sp³-hybridized carbons (Fsp3) is 0.157. The van der Waals surface area contributed by atoms with E-state index < -0.39 is 0 Å². The van der Waals surface area contributed by atoms with Gasteiger partial charge >= 0.3 is 0 Å². The van der Waals surface area contributed by atoms with Crippen LogP contribution in [0.1, 0.15) is 105 Å². The zero-order valence-corrected chi connectivity index (χ0v) is 63.3. The predicted octanol–water partition coefficient (Wildman–Crippen LogP) is 26.0. The van der Waals surface area contributed by atoms with Gasteiger partial charge in [-0.1, -0.05) is 301 Å². The summed E-state index contributed by atoms with van der Waals surface area (Å²) in [6, 6.07) is 117. The summed E-state index contributed by atoms with van der Waals surface area (Å²) in [5.41, 5.74) is 28.4. The first-order chi connectivity index (χ1) is 51.5. The van der Waals surface area contributed by atoms with Crippen molar-refractivity contribution in [1.82, 2.24) is 9.97 Å². The van der Waals surface area contributed by atoms with Crippen molar-refractivity contribution in [3.8, 4) is 78.4 Å². The maximum atomic E-state index is 6.05. The molecule has 2 aliphatic rings. The molecule has 0 unspecified atom stereocenters. The molecule has 0 saturated carbocycles. The summed E-state index contributed by atoms with van der Waals surface area (Å²) in [7, 11) is 0. The third kappa shape index (κ3) is 12.2. The quantitative estimate of drug-likeness (QED) is 0.106. The van der Waals surface area contributed by atoms with Crippen molar-refractivity contribution in [2.45, 2.75) is 105 Å². The average Bonchev–Trinajstić information content (AvgIpc) is 0.687. The van der Waals surface area contributed by atoms with E-state index in [1.165, 1.54) is 81.7 Å². The maximum Gasteiger partial charge on any atom is 0.252 e. The Morgan fingerprint density at radius 1 is 0.234 bits per heavy atom. The molecule has 0 amide bonds. The van der Waals surface area contributed by atoms with Crippen molar-refractivity contribution < 1.29 is 0 Å². The summed E-state index contributed by atoms with van der Waals surface area (Å²) in [4.78, 5) is 17.3. The highest BCUT2D eigenvalue weighted by Gasteiger charge is 2.45. The van der Waals surface area contributed by atoms with Crippen molar-refractivity contribution in [2.75, 3.05) is 9.80 Å². The van der Waals surface area contributed by atoms with Crippen LogP contribution in [-0.2, 0) is 21.7 Å². The van der Waals surface area contributed by atoms with Gasteiger partial charge in [-0.3, -0.25) is 0 Å². The first kappa shape index (κ1) is 67.0. The topological polar surface area (TPSA) is 32.3 Å². The number of hydrogen-bond acceptors (Lipinski definition) is 4. The van der Waals surface area contributed by atoms with Crippen molar-refractivity contribution in [2.24, 2.45) is 0 Å². The Morgan fingerprint density at radius 2 is 0.551 bits per heavy atom. The fourth-order valence-corrected chi connectivity index (χ4v) is 16.5. The zero-order valence-electron chi connectivity index (χ0n) is 63.3. The molecule has 0 saturated heterocycles. The zero-order chi connectivity index (χ0) is 73.4. The number of anilines is 6. The summed E-state index contributed by atoms with van der Waals surface area (Å²) >= 11 is 0. The van der Waals surface area contributed by atoms with Crippen molar-refractivity contribution >= 4 is 100 Å². The van der Waals surface area contributed by atoms with E-state index >= 15 is 0 Å². The van der Waals surface area contributed by atoms with E-state index in [-0.39, 0.29) is 28.4 Å². The lowest BCUT2D eigenvalue weighted by Crippen LogP contribution is -2.61. The molecule has 0 fully saturated rings. The van der Waals surface area contributed by atoms with Gasteiger partial charge in [-0.25, -0.2) is 9.97 Å². The molecule has 0 spiro atoms. The van der Waals surface area contributed by atoms with E-state index in [1.807, 2.05) is 0 Å². The van der Waals surface area contributed by atoms with Crippen LogP contribution >= 0.6 is 0 Å². The molecule has 0 radical (unpaired) electrons. The Bertz CT molecular complexity index is 5680. The highest BCUT2D eigenvalue weighted by atomic mass is 15.2. The van der Waals surface area contributed by atoms with Gasteiger partial charge in [0.05, 0.1) is 11.4 Å². The SMILES string of the molecule is CC(C)(C)c1cc(-c2cc(-c3cc(C(C)(C)C)cc(C(C)(C)C)c3)nc(-c3cc4c5c(c3)N(c3cc(-c6ccccc6)cc(-c6ccccc6)c3)c3cc6c(ccc7ccccc76)cc3B5c3cc5ccc6ccccc6c5cc3N4c3cc(-c4ccccc4)cc(-c4ccccc4)c3)n2)cc(C(C)(C)C)c1. The fourth-order valence-electron chi connectivity index (χ4n) is 16.5. The molecule has 18 rings (SSSR count). The van der Waals surface area contributed by atoms with Crippen LogP contribution in [0.2, 0.25) is 0 Å². The molecule has 0 aliphatic carbocycles. The van der Waals surface area contributed by atoms with Gasteiger partial charge in [-0.15, -0.1) is 0 Å². The van der Waals surface area contributed by atoms with E-state index in [2.05, 4.69) is 402 Å². The van der Waals surface area contributed by atoms with Gasteiger partial charge in [-0.05, 0) is 239 Å². The number of aromatic nitrogens is 2. The molecule has 107 heavy (non-hydrogen) atoms. The summed E-state index contributed by atoms with van der Waals surface area (Å²) in [6.45, 7) is 27.7. The van der Waals surface area contributed by atoms with Gasteiger partial charge in [0.25, 0.3) is 6.71 Å². The van der Waals surface area contributed by atoms with E-state index in [9.17, 15) is 0 Å². The lowest BCUT2D eigenvalue weighted by molar-refractivity contribution is 0.568. The number of benzene rings is 15. The van der Waals surface area contributed by atoms with E-state index in [0.717, 1.165) is 107 Å². The van der Waals surface area contributed by atoms with Crippen molar-refractivity contribution in [3.05, 3.63) is 332 Å². The molecule has 1 aromatic heterocycles. The first-order valence-electron chi connectivity index (χ1n) is 37.9. The largest absolute Gasteiger partial charge is 0.311 e. The van der Waals surface area contributed by atoms with Crippen LogP contribution in [0, 0.1) is 0 Å². The number of hydrogen-bond donors (Lipinski definition) is 0. The van der Waals surface area contributed by atoms with E-state index in [0.29, 0.717) is 5.82 Å². The summed E-state index contributed by atoms with van der Waals surface area (Å²) in [5.74, 6) is 0.640. The van der Waals surface area contributed by atoms with Gasteiger partial charge in [0.2, 0.25) is 0 Å². The maximum absolute atomic E-state index is 6.05. The first-order valence-corrected chi connectivity index (χ1v) is 37.9. The smallest absolute Gasteiger partial charge is 0.252 e. The Hall–Kier alpha value is -11.9. The van der Waals surface area contributed by atoms with Gasteiger partial charge in [0.15, 0.2) is 5.82 Å². The summed E-state index contributed by atoms with van der Waals surface area (Å²) in [6.07, 6.45) is 0. The normalized spacial score (nSPS) is 13.0. The molecule has 0 bridgehead atoms. The Labute approximate surface area is 630 Å². The van der Waals surface area contributed by atoms with Crippen LogP contribution in [0.4, 0.5) is 34.1 Å². The molecule has 4 nitrogen and oxygen atoms in total. The standard InChI is InChI=1S/C102H87BN4/c1-99(2,3)79-47-76(48-80(59-79)100(4,5)6)91-63-92(77-49-81(101(7,8)9)60-82(50-77)102(10,11)12)105-98(104-91)78-57-95-97-96(58-78)107(84-53-74(66-33-21-15-22-34-66)46-75(54-84)67-35-23-16-24-36-67)94-62-88-71(44-42-69-38-26-28-40-86(69)88)56-90(94)103(97)89-55-70-43-41-68-37-25-27-39-85(68)87(70)61-93(89)106(95)83-51-72(64-29-17-13-18-30-64)45-73(52-83)65-31-19-14-20-32-65/h13-63H,1-12H3. The minimum absolute atomic E-state index is 0.153. The van der Waals surface area contributed by atoms with Crippen molar-refractivity contribution in [1.29, 1.82) is 0 Å². The van der Waals surface area contributed by atoms with Crippen LogP contribution in [0.5, 0.6) is 0 Å². The molecule has 16 aromatic rings. The summed E-state index contributed by atoms with van der Waals surface area (Å²) in [5, 5.41) is 9.61. The van der Waals surface area contributed by atoms with Crippen LogP contribution in [0.3, 0.4) is 0 Å². The lowest BCUT2D eigenvalue weighted by Gasteiger charge is -2.45. The third-order valence-electron chi connectivity index (χ3n) is 22.5. The van der Waals surface area contributed by atoms with Crippen molar-refractivity contribution in [3.63, 3.8) is 0 Å². The van der Waals surface area contributed by atoms with E-state index in [4.69, 9.17) is 9.97 Å². The number of rotatable bonds is 9. The molecule has 0 N–H and O–H groups in total. The molecule has 518 valence electrons. The van der Waals surface area contributed by atoms with Gasteiger partial charge < -0.3 is 9.80 Å². The van der Waals surface area contributed by atoms with E-state index in [1.54, 1.807) is 0 Å². The van der Waals surface area contributed by atoms with Crippen LogP contribution in [0.15, 0.2) is 309 Å². The van der Waals surface area contributed by atoms with Gasteiger partial charge in [0.1, 0.15) is 0 Å². The molecule has 15 aromatic carbocycles. The second kappa shape index (κ2) is 25.4. The minimum Gasteiger partial charge on any atom is -0.311 e. The van der Waals surface area contributed by atoms with Crippen LogP contribution in [-0.4, -0.2) is 16.7 Å². The van der Waals surface area contributed by atoms with Gasteiger partial charge in [0, 0.05) is 50.8 Å². The van der Waals surface area contributed by atoms with Crippen LogP contribution < -0.4 is 26.2 Å².